The summed E-state index contributed by atoms with van der Waals surface area (Å²) in [4.78, 5) is 0. The summed E-state index contributed by atoms with van der Waals surface area (Å²) in [6.45, 7) is 10.4. The smallest absolute Gasteiger partial charge is 0.105 e. The van der Waals surface area contributed by atoms with Gasteiger partial charge in [0.05, 0.1) is 10.9 Å². The monoisotopic (exact) mass is 192 g/mol. The summed E-state index contributed by atoms with van der Waals surface area (Å²) in [5.41, 5.74) is 0. The molecule has 54 valence electrons. The summed E-state index contributed by atoms with van der Waals surface area (Å²) < 4.78 is 5.07. The summed E-state index contributed by atoms with van der Waals surface area (Å²) in [5.74, 6) is 0.782. The Morgan fingerprint density at radius 2 is 2.11 bits per heavy atom. The van der Waals surface area contributed by atoms with Gasteiger partial charge >= 0.3 is 0 Å². The Labute approximate surface area is 65.2 Å². The second-order valence-electron chi connectivity index (χ2n) is 2.33. The van der Waals surface area contributed by atoms with Crippen molar-refractivity contribution in [1.29, 1.82) is 0 Å². The van der Waals surface area contributed by atoms with Gasteiger partial charge < -0.3 is 4.74 Å². The molecule has 0 saturated carbocycles. The molecule has 0 amide bonds. The molecule has 0 fully saturated rings. The van der Waals surface area contributed by atoms with Crippen LogP contribution in [0.3, 0.4) is 0 Å². The topological polar surface area (TPSA) is 9.23 Å². The highest BCUT2D eigenvalue weighted by molar-refractivity contribution is 9.10. The van der Waals surface area contributed by atoms with E-state index in [1.165, 1.54) is 0 Å². The molecule has 0 rings (SSSR count). The van der Waals surface area contributed by atoms with Gasteiger partial charge in [0.25, 0.3) is 0 Å². The Morgan fingerprint density at radius 1 is 1.67 bits per heavy atom. The first kappa shape index (κ1) is 9.02. The van der Waals surface area contributed by atoms with Gasteiger partial charge in [-0.15, -0.1) is 0 Å². The second kappa shape index (κ2) is 3.25. The van der Waals surface area contributed by atoms with E-state index in [0.717, 1.165) is 5.76 Å². The molecule has 0 aromatic heterocycles. The van der Waals surface area contributed by atoms with Crippen LogP contribution in [0.25, 0.3) is 0 Å². The van der Waals surface area contributed by atoms with Crippen molar-refractivity contribution in [3.05, 3.63) is 12.3 Å². The van der Waals surface area contributed by atoms with Gasteiger partial charge in [0.1, 0.15) is 5.76 Å². The summed E-state index contributed by atoms with van der Waals surface area (Å²) in [6.07, 6.45) is 0. The lowest BCUT2D eigenvalue weighted by atomic mass is 10.2. The van der Waals surface area contributed by atoms with Gasteiger partial charge in [-0.25, -0.2) is 0 Å². The van der Waals surface area contributed by atoms with Crippen LogP contribution in [0.15, 0.2) is 12.3 Å². The van der Waals surface area contributed by atoms with Gasteiger partial charge in [-0.05, 0) is 20.8 Å². The van der Waals surface area contributed by atoms with Gasteiger partial charge in [0, 0.05) is 0 Å². The third-order valence-electron chi connectivity index (χ3n) is 0.982. The summed E-state index contributed by atoms with van der Waals surface area (Å²) in [6, 6.07) is 0. The Balaban J connectivity index is 3.74. The van der Waals surface area contributed by atoms with Gasteiger partial charge in [0.2, 0.25) is 0 Å². The molecule has 0 spiro atoms. The van der Waals surface area contributed by atoms with Crippen LogP contribution >= 0.6 is 15.9 Å². The maximum Gasteiger partial charge on any atom is 0.105 e. The van der Waals surface area contributed by atoms with E-state index in [0.29, 0.717) is 6.61 Å². The molecule has 0 radical (unpaired) electrons. The van der Waals surface area contributed by atoms with Crippen molar-refractivity contribution in [2.45, 2.75) is 25.1 Å². The van der Waals surface area contributed by atoms with Crippen LogP contribution in [0.2, 0.25) is 0 Å². The first-order valence-corrected chi connectivity index (χ1v) is 3.79. The van der Waals surface area contributed by atoms with Crippen LogP contribution in [-0.2, 0) is 4.74 Å². The van der Waals surface area contributed by atoms with Crippen molar-refractivity contribution >= 4 is 15.9 Å². The molecule has 0 aromatic carbocycles. The minimum atomic E-state index is -0.0942. The molecule has 0 heterocycles. The average Bonchev–Trinajstić information content (AvgIpc) is 1.64. The number of rotatable bonds is 3. The first-order valence-electron chi connectivity index (χ1n) is 2.99. The summed E-state index contributed by atoms with van der Waals surface area (Å²) in [7, 11) is 0. The third kappa shape index (κ3) is 3.57. The number of allylic oxidation sites excluding steroid dienone is 1. The van der Waals surface area contributed by atoms with Crippen LogP contribution in [0.1, 0.15) is 20.8 Å². The summed E-state index contributed by atoms with van der Waals surface area (Å²) in [5, 5.41) is 0. The van der Waals surface area contributed by atoms with Crippen molar-refractivity contribution < 1.29 is 4.74 Å². The Morgan fingerprint density at radius 3 is 2.22 bits per heavy atom. The Kier molecular flexibility index (Phi) is 3.26. The molecule has 0 bridgehead atoms. The number of hydrogen-bond acceptors (Lipinski definition) is 1. The van der Waals surface area contributed by atoms with E-state index in [-0.39, 0.29) is 4.32 Å². The van der Waals surface area contributed by atoms with Crippen molar-refractivity contribution in [3.63, 3.8) is 0 Å². The second-order valence-corrected chi connectivity index (χ2v) is 4.31. The van der Waals surface area contributed by atoms with E-state index >= 15 is 0 Å². The standard InChI is InChI=1S/C7H13BrO/c1-5-9-6(2)7(3,4)8/h2,5H2,1,3-4H3. The normalized spacial score (nSPS) is 11.1. The molecule has 0 saturated heterocycles. The molecule has 0 aliphatic rings. The zero-order chi connectivity index (χ0) is 7.49. The van der Waals surface area contributed by atoms with Crippen molar-refractivity contribution in [2.24, 2.45) is 0 Å². The largest absolute Gasteiger partial charge is 0.497 e. The average molecular weight is 193 g/mol. The number of hydrogen-bond donors (Lipinski definition) is 0. The van der Waals surface area contributed by atoms with Gasteiger partial charge in [-0.2, -0.15) is 0 Å². The fraction of sp³-hybridized carbons (Fsp3) is 0.714. The lowest BCUT2D eigenvalue weighted by Gasteiger charge is -2.18. The lowest BCUT2D eigenvalue weighted by Crippen LogP contribution is -2.14. The zero-order valence-corrected chi connectivity index (χ0v) is 7.79. The van der Waals surface area contributed by atoms with Gasteiger partial charge in [-0.1, -0.05) is 22.5 Å². The van der Waals surface area contributed by atoms with E-state index in [1.54, 1.807) is 0 Å². The SMILES string of the molecule is C=C(OCC)C(C)(C)Br. The molecular weight excluding hydrogens is 180 g/mol. The molecule has 0 N–H and O–H groups in total. The summed E-state index contributed by atoms with van der Waals surface area (Å²) >= 11 is 3.42. The van der Waals surface area contributed by atoms with Crippen molar-refractivity contribution in [1.82, 2.24) is 0 Å². The Bertz CT molecular complexity index is 102. The van der Waals surface area contributed by atoms with Crippen LogP contribution in [0, 0.1) is 0 Å². The fourth-order valence-corrected chi connectivity index (χ4v) is 0.460. The van der Waals surface area contributed by atoms with Crippen LogP contribution < -0.4 is 0 Å². The maximum atomic E-state index is 5.16. The van der Waals surface area contributed by atoms with E-state index < -0.39 is 0 Å². The van der Waals surface area contributed by atoms with Crippen molar-refractivity contribution in [3.8, 4) is 0 Å². The predicted molar refractivity (Wildman–Crippen MR) is 43.8 cm³/mol. The predicted octanol–water partition coefficient (Wildman–Crippen LogP) is 2.71. The molecular formula is C7H13BrO. The molecule has 9 heavy (non-hydrogen) atoms. The molecule has 1 nitrogen and oxygen atoms in total. The maximum absolute atomic E-state index is 5.16. The van der Waals surface area contributed by atoms with Gasteiger partial charge in [-0.3, -0.25) is 0 Å². The minimum absolute atomic E-state index is 0.0942. The van der Waals surface area contributed by atoms with E-state index in [9.17, 15) is 0 Å². The number of alkyl halides is 1. The van der Waals surface area contributed by atoms with E-state index in [2.05, 4.69) is 22.5 Å². The minimum Gasteiger partial charge on any atom is -0.497 e. The number of halogens is 1. The van der Waals surface area contributed by atoms with Crippen molar-refractivity contribution in [2.75, 3.05) is 6.61 Å². The Hall–Kier alpha value is 0.0200. The molecule has 0 aromatic rings. The quantitative estimate of drug-likeness (QED) is 0.494. The highest BCUT2D eigenvalue weighted by atomic mass is 79.9. The van der Waals surface area contributed by atoms with Crippen LogP contribution in [0.4, 0.5) is 0 Å². The highest BCUT2D eigenvalue weighted by Crippen LogP contribution is 2.24. The number of ether oxygens (including phenoxy) is 1. The van der Waals surface area contributed by atoms with E-state index in [1.807, 2.05) is 20.8 Å². The molecule has 0 atom stereocenters. The highest BCUT2D eigenvalue weighted by Gasteiger charge is 2.17. The van der Waals surface area contributed by atoms with Gasteiger partial charge in [0.15, 0.2) is 0 Å². The molecule has 0 aliphatic heterocycles. The third-order valence-corrected chi connectivity index (χ3v) is 1.42. The first-order chi connectivity index (χ1) is 3.98. The molecule has 0 unspecified atom stereocenters. The van der Waals surface area contributed by atoms with Crippen LogP contribution in [0.5, 0.6) is 0 Å². The van der Waals surface area contributed by atoms with Crippen LogP contribution in [-0.4, -0.2) is 10.9 Å². The lowest BCUT2D eigenvalue weighted by molar-refractivity contribution is 0.211. The fourth-order valence-electron chi connectivity index (χ4n) is 0.346. The molecule has 2 heteroatoms. The van der Waals surface area contributed by atoms with E-state index in [4.69, 9.17) is 4.74 Å². The molecule has 0 aliphatic carbocycles. The zero-order valence-electron chi connectivity index (χ0n) is 6.20.